The first-order chi connectivity index (χ1) is 2.27. The van der Waals surface area contributed by atoms with E-state index >= 15 is 0 Å². The number of carbonyl (C=O) groups is 1. The van der Waals surface area contributed by atoms with Crippen LogP contribution in [0.1, 0.15) is 0 Å². The summed E-state index contributed by atoms with van der Waals surface area (Å²) in [6, 6.07) is 0. The van der Waals surface area contributed by atoms with Crippen LogP contribution in [0.15, 0.2) is 12.7 Å². The average molecular weight is 210 g/mol. The van der Waals surface area contributed by atoms with Gasteiger partial charge >= 0.3 is 0 Å². The van der Waals surface area contributed by atoms with E-state index in [1.807, 2.05) is 0 Å². The van der Waals surface area contributed by atoms with Crippen molar-refractivity contribution in [3.63, 3.8) is 0 Å². The maximum atomic E-state index is 9.47. The van der Waals surface area contributed by atoms with Gasteiger partial charge in [-0.05, 0) is 6.08 Å². The summed E-state index contributed by atoms with van der Waals surface area (Å²) in [5.74, 6) is -0.481. The van der Waals surface area contributed by atoms with Crippen LogP contribution < -0.4 is 5.73 Å². The molecule has 0 aromatic heterocycles. The zero-order valence-corrected chi connectivity index (χ0v) is 6.97. The molecule has 6 heavy (non-hydrogen) atoms. The van der Waals surface area contributed by atoms with E-state index in [9.17, 15) is 4.79 Å². The molecule has 0 spiro atoms. The molecule has 1 amide bonds. The molecule has 0 saturated heterocycles. The molecule has 0 aromatic rings. The van der Waals surface area contributed by atoms with Gasteiger partial charge in [-0.1, -0.05) is 6.58 Å². The Morgan fingerprint density at radius 1 is 1.83 bits per heavy atom. The van der Waals surface area contributed by atoms with Crippen molar-refractivity contribution in [1.29, 1.82) is 0 Å². The molecule has 0 fully saturated rings. The van der Waals surface area contributed by atoms with Crippen molar-refractivity contribution >= 4 is 5.91 Å². The van der Waals surface area contributed by atoms with E-state index in [1.54, 1.807) is 0 Å². The standard InChI is InChI=1S/C3H5NO.La/c1-2-3(4)5;/h2H,1H2,(H2,4,5);. The molecule has 0 heterocycles. The molecule has 0 unspecified atom stereocenters. The SMILES string of the molecule is C=CC(N)=O.[La]. The van der Waals surface area contributed by atoms with Crippen LogP contribution in [-0.4, -0.2) is 5.91 Å². The third-order valence-corrected chi connectivity index (χ3v) is 0.201. The molecule has 31 valence electrons. The van der Waals surface area contributed by atoms with Gasteiger partial charge in [0, 0.05) is 35.6 Å². The maximum absolute atomic E-state index is 9.47. The third-order valence-electron chi connectivity index (χ3n) is 0.201. The van der Waals surface area contributed by atoms with Gasteiger partial charge in [-0.15, -0.1) is 0 Å². The Kier molecular flexibility index (Phi) is 8.69. The van der Waals surface area contributed by atoms with Crippen LogP contribution in [0.4, 0.5) is 0 Å². The van der Waals surface area contributed by atoms with Gasteiger partial charge in [-0.25, -0.2) is 0 Å². The fourth-order valence-corrected chi connectivity index (χ4v) is 0. The molecular formula is C3H5LaNO. The fourth-order valence-electron chi connectivity index (χ4n) is 0. The van der Waals surface area contributed by atoms with Crippen LogP contribution >= 0.6 is 0 Å². The van der Waals surface area contributed by atoms with Gasteiger partial charge in [-0.2, -0.15) is 0 Å². The van der Waals surface area contributed by atoms with E-state index < -0.39 is 5.91 Å². The average Bonchev–Trinajstić information content (AvgIpc) is 1.38. The first-order valence-electron chi connectivity index (χ1n) is 1.19. The third kappa shape index (κ3) is 8.83. The Morgan fingerprint density at radius 2 is 2.00 bits per heavy atom. The molecule has 0 aliphatic carbocycles. The summed E-state index contributed by atoms with van der Waals surface area (Å²) >= 11 is 0. The van der Waals surface area contributed by atoms with Crippen LogP contribution in [0.25, 0.3) is 0 Å². The topological polar surface area (TPSA) is 43.1 Å². The number of primary amides is 1. The minimum atomic E-state index is -0.481. The number of carbonyl (C=O) groups excluding carboxylic acids is 1. The van der Waals surface area contributed by atoms with Crippen molar-refractivity contribution in [3.8, 4) is 0 Å². The molecule has 0 bridgehead atoms. The largest absolute Gasteiger partial charge is 0.366 e. The molecule has 0 aliphatic heterocycles. The van der Waals surface area contributed by atoms with E-state index in [-0.39, 0.29) is 35.6 Å². The summed E-state index contributed by atoms with van der Waals surface area (Å²) in [5.41, 5.74) is 4.53. The smallest absolute Gasteiger partial charge is 0.240 e. The van der Waals surface area contributed by atoms with Crippen LogP contribution in [0, 0.1) is 35.6 Å². The second-order valence-corrected chi connectivity index (χ2v) is 0.606. The molecule has 2 N–H and O–H groups in total. The number of rotatable bonds is 1. The molecular weight excluding hydrogens is 205 g/mol. The van der Waals surface area contributed by atoms with E-state index in [4.69, 9.17) is 0 Å². The Hall–Kier alpha value is 0.405. The summed E-state index contributed by atoms with van der Waals surface area (Å²) < 4.78 is 0. The van der Waals surface area contributed by atoms with Gasteiger partial charge in [0.2, 0.25) is 5.91 Å². The Bertz CT molecular complexity index is 61.8. The van der Waals surface area contributed by atoms with E-state index in [2.05, 4.69) is 12.3 Å². The summed E-state index contributed by atoms with van der Waals surface area (Å²) in [6.45, 7) is 3.09. The summed E-state index contributed by atoms with van der Waals surface area (Å²) in [5, 5.41) is 0. The van der Waals surface area contributed by atoms with Gasteiger partial charge in [0.15, 0.2) is 0 Å². The summed E-state index contributed by atoms with van der Waals surface area (Å²) in [6.07, 6.45) is 1.06. The predicted octanol–water partition coefficient (Wildman–Crippen LogP) is -0.342. The molecule has 0 aliphatic rings. The number of amides is 1. The van der Waals surface area contributed by atoms with Crippen molar-refractivity contribution in [2.75, 3.05) is 0 Å². The summed E-state index contributed by atoms with van der Waals surface area (Å²) in [4.78, 5) is 9.47. The van der Waals surface area contributed by atoms with Crippen LogP contribution in [-0.2, 0) is 4.79 Å². The molecule has 0 rings (SSSR count). The molecule has 2 nitrogen and oxygen atoms in total. The Labute approximate surface area is 64.4 Å². The van der Waals surface area contributed by atoms with Crippen molar-refractivity contribution in [2.24, 2.45) is 5.73 Å². The van der Waals surface area contributed by atoms with Gasteiger partial charge in [0.25, 0.3) is 0 Å². The molecule has 0 saturated carbocycles. The number of nitrogens with two attached hydrogens (primary N) is 1. The van der Waals surface area contributed by atoms with Crippen LogP contribution in [0.2, 0.25) is 0 Å². The van der Waals surface area contributed by atoms with Crippen molar-refractivity contribution in [3.05, 3.63) is 12.7 Å². The predicted molar refractivity (Wildman–Crippen MR) is 19.4 cm³/mol. The minimum absolute atomic E-state index is 0. The van der Waals surface area contributed by atoms with Gasteiger partial charge in [0.05, 0.1) is 0 Å². The molecule has 1 radical (unpaired) electrons. The first-order valence-corrected chi connectivity index (χ1v) is 1.19. The Morgan fingerprint density at radius 3 is 2.00 bits per heavy atom. The van der Waals surface area contributed by atoms with Crippen molar-refractivity contribution < 1.29 is 40.4 Å². The summed E-state index contributed by atoms with van der Waals surface area (Å²) in [7, 11) is 0. The maximum Gasteiger partial charge on any atom is 0.240 e. The zero-order valence-electron chi connectivity index (χ0n) is 3.35. The normalized spacial score (nSPS) is 5.33. The first kappa shape index (κ1) is 9.64. The van der Waals surface area contributed by atoms with Crippen molar-refractivity contribution in [1.82, 2.24) is 0 Å². The van der Waals surface area contributed by atoms with Crippen molar-refractivity contribution in [2.45, 2.75) is 0 Å². The monoisotopic (exact) mass is 210 g/mol. The molecule has 0 aromatic carbocycles. The van der Waals surface area contributed by atoms with E-state index in [0.717, 1.165) is 6.08 Å². The van der Waals surface area contributed by atoms with E-state index in [0.29, 0.717) is 0 Å². The number of hydrogen-bond acceptors (Lipinski definition) is 1. The van der Waals surface area contributed by atoms with Gasteiger partial charge in [0.1, 0.15) is 0 Å². The van der Waals surface area contributed by atoms with Gasteiger partial charge < -0.3 is 5.73 Å². The molecule has 0 atom stereocenters. The van der Waals surface area contributed by atoms with Crippen LogP contribution in [0.3, 0.4) is 0 Å². The van der Waals surface area contributed by atoms with Gasteiger partial charge in [-0.3, -0.25) is 4.79 Å². The molecule has 3 heteroatoms. The quantitative estimate of drug-likeness (QED) is 0.591. The fraction of sp³-hybridized carbons (Fsp3) is 0. The van der Waals surface area contributed by atoms with E-state index in [1.165, 1.54) is 0 Å². The second kappa shape index (κ2) is 5.40. The Balaban J connectivity index is 0. The van der Waals surface area contributed by atoms with Crippen LogP contribution in [0.5, 0.6) is 0 Å². The second-order valence-electron chi connectivity index (χ2n) is 0.606. The number of hydrogen-bond donors (Lipinski definition) is 1. The zero-order chi connectivity index (χ0) is 4.28. The minimum Gasteiger partial charge on any atom is -0.366 e.